The van der Waals surface area contributed by atoms with Crippen LogP contribution in [0.2, 0.25) is 0 Å². The van der Waals surface area contributed by atoms with Gasteiger partial charge < -0.3 is 40.3 Å². The Labute approximate surface area is 173 Å². The summed E-state index contributed by atoms with van der Waals surface area (Å²) in [5, 5.41) is 53.0. The number of ether oxygens (including phenoxy) is 2. The first-order valence-corrected chi connectivity index (χ1v) is 10.1. The van der Waals surface area contributed by atoms with E-state index in [2.05, 4.69) is 5.32 Å². The summed E-state index contributed by atoms with van der Waals surface area (Å²) in [5.74, 6) is 0. The lowest BCUT2D eigenvalue weighted by molar-refractivity contribution is -0.157. The van der Waals surface area contributed by atoms with Crippen molar-refractivity contribution in [3.63, 3.8) is 0 Å². The molecule has 0 bridgehead atoms. The molecular weight excluding hydrogens is 382 g/mol. The van der Waals surface area contributed by atoms with Gasteiger partial charge >= 0.3 is 6.09 Å². The van der Waals surface area contributed by atoms with Crippen LogP contribution >= 0.6 is 0 Å². The summed E-state index contributed by atoms with van der Waals surface area (Å²) >= 11 is 0. The monoisotopic (exact) mass is 421 g/mol. The van der Waals surface area contributed by atoms with Crippen molar-refractivity contribution in [2.45, 2.75) is 109 Å². The van der Waals surface area contributed by atoms with Gasteiger partial charge in [0.15, 0.2) is 0 Å². The van der Waals surface area contributed by atoms with E-state index in [4.69, 9.17) is 9.47 Å². The molecule has 0 aromatic rings. The smallest absolute Gasteiger partial charge is 0.408 e. The molecule has 1 rings (SSSR count). The molecule has 9 nitrogen and oxygen atoms in total. The van der Waals surface area contributed by atoms with E-state index in [1.165, 1.54) is 0 Å². The normalized spacial score (nSPS) is 29.1. The number of aliphatic hydroxyl groups is 5. The quantitative estimate of drug-likeness (QED) is 0.344. The van der Waals surface area contributed by atoms with Gasteiger partial charge in [0.05, 0.1) is 37.1 Å². The molecule has 6 N–H and O–H groups in total. The Kier molecular flexibility index (Phi) is 9.32. The van der Waals surface area contributed by atoms with Gasteiger partial charge in [0.25, 0.3) is 0 Å². The van der Waals surface area contributed by atoms with Crippen molar-refractivity contribution in [3.8, 4) is 0 Å². The molecule has 1 amide bonds. The summed E-state index contributed by atoms with van der Waals surface area (Å²) in [6.45, 7) is 10.5. The van der Waals surface area contributed by atoms with Crippen LogP contribution in [-0.4, -0.2) is 86.5 Å². The van der Waals surface area contributed by atoms with Crippen molar-refractivity contribution in [3.05, 3.63) is 0 Å². The van der Waals surface area contributed by atoms with Crippen LogP contribution in [0.4, 0.5) is 4.79 Å². The number of hydrogen-bond donors (Lipinski definition) is 6. The molecule has 0 spiro atoms. The summed E-state index contributed by atoms with van der Waals surface area (Å²) in [6.07, 6.45) is -6.49. The standard InChI is InChI=1S/C20H39NO8/c1-19(2,3)15(24)9-13(23)11(21-18(27)29-20(4,5)6)10-28-14-8-7-12(22)16(25)17(14)26/h11-17,22-26H,7-10H2,1-6H3,(H,21,27). The third-order valence-corrected chi connectivity index (χ3v) is 4.99. The maximum Gasteiger partial charge on any atom is 0.408 e. The number of alkyl carbamates (subject to hydrolysis) is 1. The number of carbonyl (C=O) groups is 1. The Hall–Kier alpha value is -0.970. The Bertz CT molecular complexity index is 516. The lowest BCUT2D eigenvalue weighted by Gasteiger charge is -2.36. The van der Waals surface area contributed by atoms with E-state index in [0.29, 0.717) is 6.42 Å². The molecular formula is C20H39NO8. The number of carbonyl (C=O) groups excluding carboxylic acids is 1. The third-order valence-electron chi connectivity index (χ3n) is 4.99. The van der Waals surface area contributed by atoms with Crippen molar-refractivity contribution in [2.75, 3.05) is 6.61 Å². The second-order valence-corrected chi connectivity index (χ2v) is 9.94. The van der Waals surface area contributed by atoms with Gasteiger partial charge in [-0.2, -0.15) is 0 Å². The van der Waals surface area contributed by atoms with Gasteiger partial charge in [-0.1, -0.05) is 20.8 Å². The number of hydrogen-bond acceptors (Lipinski definition) is 8. The Morgan fingerprint density at radius 2 is 1.62 bits per heavy atom. The Morgan fingerprint density at radius 3 is 2.14 bits per heavy atom. The molecule has 1 saturated carbocycles. The summed E-state index contributed by atoms with van der Waals surface area (Å²) in [4.78, 5) is 12.2. The van der Waals surface area contributed by atoms with E-state index in [-0.39, 0.29) is 19.4 Å². The predicted octanol–water partition coefficient (Wildman–Crippen LogP) is 0.299. The van der Waals surface area contributed by atoms with Crippen molar-refractivity contribution >= 4 is 6.09 Å². The lowest BCUT2D eigenvalue weighted by Crippen LogP contribution is -2.53. The summed E-state index contributed by atoms with van der Waals surface area (Å²) in [6, 6.07) is -0.905. The highest BCUT2D eigenvalue weighted by molar-refractivity contribution is 5.68. The van der Waals surface area contributed by atoms with E-state index < -0.39 is 59.8 Å². The van der Waals surface area contributed by atoms with Gasteiger partial charge in [-0.25, -0.2) is 4.79 Å². The molecule has 0 aromatic heterocycles. The largest absolute Gasteiger partial charge is 0.444 e. The molecule has 7 atom stereocenters. The summed E-state index contributed by atoms with van der Waals surface area (Å²) in [7, 11) is 0. The second kappa shape index (κ2) is 10.4. The van der Waals surface area contributed by atoms with Crippen LogP contribution in [0.1, 0.15) is 60.8 Å². The molecule has 0 saturated heterocycles. The number of amides is 1. The first-order valence-electron chi connectivity index (χ1n) is 10.1. The zero-order valence-corrected chi connectivity index (χ0v) is 18.3. The highest BCUT2D eigenvalue weighted by atomic mass is 16.6. The zero-order valence-electron chi connectivity index (χ0n) is 18.3. The van der Waals surface area contributed by atoms with Crippen LogP contribution in [0, 0.1) is 5.41 Å². The van der Waals surface area contributed by atoms with Gasteiger partial charge in [-0.3, -0.25) is 0 Å². The molecule has 7 unspecified atom stereocenters. The fourth-order valence-corrected chi connectivity index (χ4v) is 2.99. The minimum Gasteiger partial charge on any atom is -0.444 e. The molecule has 0 aromatic carbocycles. The molecule has 1 fully saturated rings. The van der Waals surface area contributed by atoms with E-state index in [1.54, 1.807) is 20.8 Å². The second-order valence-electron chi connectivity index (χ2n) is 9.94. The molecule has 172 valence electrons. The predicted molar refractivity (Wildman–Crippen MR) is 106 cm³/mol. The SMILES string of the molecule is CC(C)(C)OC(=O)NC(COC1CCC(O)C(O)C1O)C(O)CC(O)C(C)(C)C. The average molecular weight is 422 g/mol. The van der Waals surface area contributed by atoms with E-state index in [1.807, 2.05) is 20.8 Å². The number of rotatable bonds is 7. The zero-order chi connectivity index (χ0) is 22.6. The first-order chi connectivity index (χ1) is 13.1. The Morgan fingerprint density at radius 1 is 1.03 bits per heavy atom. The highest BCUT2D eigenvalue weighted by Gasteiger charge is 2.38. The van der Waals surface area contributed by atoms with Crippen molar-refractivity contribution in [2.24, 2.45) is 5.41 Å². The van der Waals surface area contributed by atoms with Crippen LogP contribution in [0.5, 0.6) is 0 Å². The van der Waals surface area contributed by atoms with Crippen molar-refractivity contribution < 1.29 is 39.8 Å². The molecule has 9 heteroatoms. The van der Waals surface area contributed by atoms with E-state index in [9.17, 15) is 30.3 Å². The van der Waals surface area contributed by atoms with Gasteiger partial charge in [0.1, 0.15) is 17.8 Å². The molecule has 29 heavy (non-hydrogen) atoms. The van der Waals surface area contributed by atoms with Crippen LogP contribution in [0.15, 0.2) is 0 Å². The van der Waals surface area contributed by atoms with Crippen LogP contribution in [-0.2, 0) is 9.47 Å². The molecule has 1 aliphatic rings. The van der Waals surface area contributed by atoms with Crippen molar-refractivity contribution in [1.29, 1.82) is 0 Å². The van der Waals surface area contributed by atoms with E-state index in [0.717, 1.165) is 0 Å². The molecule has 1 aliphatic carbocycles. The van der Waals surface area contributed by atoms with Gasteiger partial charge in [-0.05, 0) is 39.0 Å². The number of nitrogens with one attached hydrogen (secondary N) is 1. The maximum atomic E-state index is 12.2. The number of aliphatic hydroxyl groups excluding tert-OH is 5. The van der Waals surface area contributed by atoms with Crippen molar-refractivity contribution in [1.82, 2.24) is 5.32 Å². The van der Waals surface area contributed by atoms with Gasteiger partial charge in [0.2, 0.25) is 0 Å². The summed E-state index contributed by atoms with van der Waals surface area (Å²) < 4.78 is 10.9. The topological polar surface area (TPSA) is 149 Å². The minimum atomic E-state index is -1.32. The summed E-state index contributed by atoms with van der Waals surface area (Å²) in [5.41, 5.74) is -1.19. The molecule has 0 radical (unpaired) electrons. The lowest BCUT2D eigenvalue weighted by atomic mass is 9.85. The molecule has 0 heterocycles. The average Bonchev–Trinajstić information content (AvgIpc) is 2.55. The van der Waals surface area contributed by atoms with E-state index >= 15 is 0 Å². The fraction of sp³-hybridized carbons (Fsp3) is 0.950. The highest BCUT2D eigenvalue weighted by Crippen LogP contribution is 2.25. The van der Waals surface area contributed by atoms with Crippen LogP contribution in [0.25, 0.3) is 0 Å². The van der Waals surface area contributed by atoms with Crippen LogP contribution < -0.4 is 5.32 Å². The first kappa shape index (κ1) is 26.1. The third kappa shape index (κ3) is 8.74. The Balaban J connectivity index is 2.80. The van der Waals surface area contributed by atoms with Gasteiger partial charge in [-0.15, -0.1) is 0 Å². The van der Waals surface area contributed by atoms with Gasteiger partial charge in [0, 0.05) is 6.42 Å². The molecule has 0 aliphatic heterocycles. The minimum absolute atomic E-state index is 0.00187. The fourth-order valence-electron chi connectivity index (χ4n) is 2.99. The van der Waals surface area contributed by atoms with Crippen LogP contribution in [0.3, 0.4) is 0 Å². The maximum absolute atomic E-state index is 12.2.